The van der Waals surface area contributed by atoms with Crippen LogP contribution in [0, 0.1) is 5.41 Å². The second kappa shape index (κ2) is 3.73. The first-order valence-electron chi connectivity index (χ1n) is 8.32. The first kappa shape index (κ1) is 13.8. The topological polar surface area (TPSA) is 81.0 Å². The van der Waals surface area contributed by atoms with Crippen molar-refractivity contribution in [3.05, 3.63) is 23.3 Å². The average molecular weight is 315 g/mol. The molecule has 3 fully saturated rings. The normalized spacial score (nSPS) is 44.3. The number of aromatic hydroxyl groups is 2. The highest BCUT2D eigenvalue weighted by atomic mass is 16.3. The Balaban J connectivity index is 1.84. The Morgan fingerprint density at radius 1 is 1.26 bits per heavy atom. The number of phenols is 2. The molecule has 5 rings (SSSR count). The van der Waals surface area contributed by atoms with E-state index in [1.54, 1.807) is 0 Å². The third kappa shape index (κ3) is 1.28. The minimum Gasteiger partial charge on any atom is -0.504 e. The Morgan fingerprint density at radius 2 is 2.04 bits per heavy atom. The number of ketones is 1. The maximum atomic E-state index is 12.3. The van der Waals surface area contributed by atoms with E-state index in [1.165, 1.54) is 6.07 Å². The van der Waals surface area contributed by atoms with Crippen molar-refractivity contribution in [2.75, 3.05) is 13.6 Å². The van der Waals surface area contributed by atoms with Gasteiger partial charge in [0, 0.05) is 41.8 Å². The number of fused-ring (bicyclic) bond motifs is 2. The van der Waals surface area contributed by atoms with Crippen LogP contribution >= 0.6 is 0 Å². The van der Waals surface area contributed by atoms with Gasteiger partial charge in [0.15, 0.2) is 11.5 Å². The largest absolute Gasteiger partial charge is 0.504 e. The summed E-state index contributed by atoms with van der Waals surface area (Å²) in [7, 11) is 2.03. The minimum absolute atomic E-state index is 0.00939. The number of Topliss-reactive ketones (excluding diaryl/α,β-unsaturated/α-hetero) is 1. The molecule has 3 unspecified atom stereocenters. The standard InChI is InChI=1S/C18H21NO4/c1-19-9-16-6-10-2-3-12(21)14(22)13(10)17(8-16)7-11(20)4-5-18(17,23)15(16)19/h2-3,15,21-23H,4-9H2,1H3/t15?,16?,17?,18-/m1/s1. The van der Waals surface area contributed by atoms with E-state index in [2.05, 4.69) is 4.90 Å². The maximum Gasteiger partial charge on any atom is 0.161 e. The zero-order chi connectivity index (χ0) is 16.2. The lowest BCUT2D eigenvalue weighted by atomic mass is 9.58. The van der Waals surface area contributed by atoms with Gasteiger partial charge in [0.1, 0.15) is 5.78 Å². The summed E-state index contributed by atoms with van der Waals surface area (Å²) < 4.78 is 0. The fourth-order valence-corrected chi connectivity index (χ4v) is 6.71. The second-order valence-corrected chi connectivity index (χ2v) is 8.22. The summed E-state index contributed by atoms with van der Waals surface area (Å²) in [6, 6.07) is 3.40. The molecule has 0 amide bonds. The van der Waals surface area contributed by atoms with Crippen molar-refractivity contribution in [3.63, 3.8) is 0 Å². The molecule has 2 spiro atoms. The number of carbonyl (C=O) groups excluding carboxylic acids is 1. The lowest BCUT2D eigenvalue weighted by Crippen LogP contribution is -2.69. The van der Waals surface area contributed by atoms with E-state index >= 15 is 0 Å². The molecule has 3 aliphatic carbocycles. The summed E-state index contributed by atoms with van der Waals surface area (Å²) in [5, 5.41) is 32.3. The molecule has 1 aliphatic heterocycles. The smallest absolute Gasteiger partial charge is 0.161 e. The van der Waals surface area contributed by atoms with Gasteiger partial charge in [-0.1, -0.05) is 6.07 Å². The second-order valence-electron chi connectivity index (χ2n) is 8.22. The first-order valence-corrected chi connectivity index (χ1v) is 8.32. The Hall–Kier alpha value is -1.59. The fraction of sp³-hybridized carbons (Fsp3) is 0.611. The van der Waals surface area contributed by atoms with E-state index < -0.39 is 11.0 Å². The molecule has 1 aromatic rings. The SMILES string of the molecule is CN1CC23Cc4ccc(O)c(O)c4C4(CC(=O)CC[C@@]4(O)C12)C3. The van der Waals surface area contributed by atoms with Crippen LogP contribution in [-0.2, 0) is 16.6 Å². The van der Waals surface area contributed by atoms with Crippen molar-refractivity contribution in [3.8, 4) is 11.5 Å². The van der Waals surface area contributed by atoms with Gasteiger partial charge in [-0.15, -0.1) is 0 Å². The molecule has 0 radical (unpaired) electrons. The van der Waals surface area contributed by atoms with Gasteiger partial charge in [-0.2, -0.15) is 0 Å². The predicted octanol–water partition coefficient (Wildman–Crippen LogP) is 1.08. The minimum atomic E-state index is -1.01. The maximum absolute atomic E-state index is 12.3. The van der Waals surface area contributed by atoms with E-state index in [1.807, 2.05) is 13.1 Å². The van der Waals surface area contributed by atoms with Gasteiger partial charge in [-0.25, -0.2) is 0 Å². The third-order valence-electron chi connectivity index (χ3n) is 7.07. The number of nitrogens with zero attached hydrogens (tertiary/aromatic N) is 1. The van der Waals surface area contributed by atoms with Gasteiger partial charge < -0.3 is 15.3 Å². The van der Waals surface area contributed by atoms with Crippen molar-refractivity contribution in [1.82, 2.24) is 4.90 Å². The van der Waals surface area contributed by atoms with Crippen molar-refractivity contribution < 1.29 is 20.1 Å². The number of likely N-dealkylation sites (N-methyl/N-ethyl adjacent to an activating group) is 1. The summed E-state index contributed by atoms with van der Waals surface area (Å²) in [5.41, 5.74) is -0.167. The average Bonchev–Trinajstić information content (AvgIpc) is 2.60. The Labute approximate surface area is 134 Å². The van der Waals surface area contributed by atoms with Crippen molar-refractivity contribution in [2.24, 2.45) is 5.41 Å². The zero-order valence-corrected chi connectivity index (χ0v) is 13.2. The van der Waals surface area contributed by atoms with Gasteiger partial charge in [0.25, 0.3) is 0 Å². The predicted molar refractivity (Wildman–Crippen MR) is 82.4 cm³/mol. The van der Waals surface area contributed by atoms with Crippen LogP contribution in [0.15, 0.2) is 12.1 Å². The summed E-state index contributed by atoms with van der Waals surface area (Å²) in [4.78, 5) is 14.5. The van der Waals surface area contributed by atoms with E-state index in [4.69, 9.17) is 0 Å². The number of aliphatic hydroxyl groups is 1. The highest BCUT2D eigenvalue weighted by Crippen LogP contribution is 2.72. The van der Waals surface area contributed by atoms with Crippen LogP contribution in [0.5, 0.6) is 11.5 Å². The summed E-state index contributed by atoms with van der Waals surface area (Å²) in [6.45, 7) is 0.914. The van der Waals surface area contributed by atoms with Crippen molar-refractivity contribution in [1.29, 1.82) is 0 Å². The van der Waals surface area contributed by atoms with E-state index in [0.717, 1.165) is 24.9 Å². The highest BCUT2D eigenvalue weighted by Gasteiger charge is 2.78. The number of phenolic OH excluding ortho intramolecular Hbond substituents is 2. The summed E-state index contributed by atoms with van der Waals surface area (Å²) in [5.74, 6) is -0.166. The first-order chi connectivity index (χ1) is 10.8. The monoisotopic (exact) mass is 315 g/mol. The Bertz CT molecular complexity index is 762. The van der Waals surface area contributed by atoms with Gasteiger partial charge in [0.05, 0.1) is 5.60 Å². The number of likely N-dealkylation sites (tertiary alicyclic amines) is 1. The third-order valence-corrected chi connectivity index (χ3v) is 7.07. The van der Waals surface area contributed by atoms with Gasteiger partial charge in [0.2, 0.25) is 0 Å². The molecule has 4 aliphatic rings. The molecule has 0 aromatic heterocycles. The molecule has 4 atom stereocenters. The molecular weight excluding hydrogens is 294 g/mol. The lowest BCUT2D eigenvalue weighted by molar-refractivity contribution is -0.154. The Kier molecular flexibility index (Phi) is 2.24. The molecular formula is C18H21NO4. The van der Waals surface area contributed by atoms with Crippen LogP contribution < -0.4 is 0 Å². The number of hydrogen-bond acceptors (Lipinski definition) is 5. The van der Waals surface area contributed by atoms with Crippen molar-refractivity contribution in [2.45, 2.75) is 49.2 Å². The lowest BCUT2D eigenvalue weighted by Gasteiger charge is -2.56. The summed E-state index contributed by atoms with van der Waals surface area (Å²) >= 11 is 0. The molecule has 1 saturated heterocycles. The molecule has 5 heteroatoms. The van der Waals surface area contributed by atoms with Crippen LogP contribution in [0.1, 0.15) is 36.8 Å². The van der Waals surface area contributed by atoms with Gasteiger partial charge in [-0.3, -0.25) is 9.69 Å². The van der Waals surface area contributed by atoms with Crippen molar-refractivity contribution >= 4 is 5.78 Å². The number of carbonyl (C=O) groups is 1. The number of benzene rings is 1. The fourth-order valence-electron chi connectivity index (χ4n) is 6.71. The summed E-state index contributed by atoms with van der Waals surface area (Å²) in [6.07, 6.45) is 2.62. The van der Waals surface area contributed by atoms with Gasteiger partial charge >= 0.3 is 0 Å². The zero-order valence-electron chi connectivity index (χ0n) is 13.2. The quantitative estimate of drug-likeness (QED) is 0.624. The van der Waals surface area contributed by atoms with Crippen LogP contribution in [0.25, 0.3) is 0 Å². The van der Waals surface area contributed by atoms with Crippen LogP contribution in [0.4, 0.5) is 0 Å². The number of rotatable bonds is 0. The highest BCUT2D eigenvalue weighted by molar-refractivity contribution is 5.83. The van der Waals surface area contributed by atoms with E-state index in [0.29, 0.717) is 18.4 Å². The van der Waals surface area contributed by atoms with Crippen LogP contribution in [-0.4, -0.2) is 51.2 Å². The number of hydrogen-bond donors (Lipinski definition) is 3. The molecule has 2 bridgehead atoms. The molecule has 1 aromatic carbocycles. The van der Waals surface area contributed by atoms with E-state index in [9.17, 15) is 20.1 Å². The Morgan fingerprint density at radius 3 is 2.78 bits per heavy atom. The van der Waals surface area contributed by atoms with Gasteiger partial charge in [-0.05, 0) is 37.9 Å². The molecule has 5 nitrogen and oxygen atoms in total. The van der Waals surface area contributed by atoms with Crippen LogP contribution in [0.2, 0.25) is 0 Å². The molecule has 3 N–H and O–H groups in total. The molecule has 23 heavy (non-hydrogen) atoms. The van der Waals surface area contributed by atoms with E-state index in [-0.39, 0.29) is 35.2 Å². The molecule has 122 valence electrons. The molecule has 2 saturated carbocycles. The molecule has 1 heterocycles. The van der Waals surface area contributed by atoms with Crippen LogP contribution in [0.3, 0.4) is 0 Å².